The van der Waals surface area contributed by atoms with Crippen molar-refractivity contribution in [2.24, 2.45) is 0 Å². The molecule has 0 fully saturated rings. The molecule has 0 amide bonds. The largest absolute Gasteiger partial charge is 0.466 e. The predicted octanol–water partition coefficient (Wildman–Crippen LogP) is 3.44. The Balaban J connectivity index is 2.15. The number of benzene rings is 2. The number of halogens is 1. The fourth-order valence-electron chi connectivity index (χ4n) is 1.72. The monoisotopic (exact) mass is 395 g/mol. The van der Waals surface area contributed by atoms with Gasteiger partial charge in [0.25, 0.3) is 10.0 Å². The average Bonchev–Trinajstić information content (AvgIpc) is 2.55. The van der Waals surface area contributed by atoms with E-state index in [9.17, 15) is 13.2 Å². The molecular weight excluding hydrogens is 382 g/mol. The molecule has 0 aliphatic carbocycles. The lowest BCUT2D eigenvalue weighted by Crippen LogP contribution is -2.12. The van der Waals surface area contributed by atoms with Gasteiger partial charge in [0.1, 0.15) is 0 Å². The van der Waals surface area contributed by atoms with E-state index in [2.05, 4.69) is 25.4 Å². The molecule has 0 atom stereocenters. The minimum absolute atomic E-state index is 0.135. The van der Waals surface area contributed by atoms with Gasteiger partial charge < -0.3 is 4.74 Å². The van der Waals surface area contributed by atoms with Crippen LogP contribution >= 0.6 is 15.9 Å². The lowest BCUT2D eigenvalue weighted by molar-refractivity contribution is -0.134. The van der Waals surface area contributed by atoms with Crippen LogP contribution in [0.1, 0.15) is 5.56 Å². The number of rotatable bonds is 5. The van der Waals surface area contributed by atoms with Crippen LogP contribution in [0.25, 0.3) is 6.08 Å². The van der Waals surface area contributed by atoms with Gasteiger partial charge in [-0.15, -0.1) is 0 Å². The van der Waals surface area contributed by atoms with Crippen molar-refractivity contribution in [3.8, 4) is 0 Å². The molecule has 0 saturated carbocycles. The lowest BCUT2D eigenvalue weighted by Gasteiger charge is -2.08. The summed E-state index contributed by atoms with van der Waals surface area (Å²) in [5.41, 5.74) is 1.17. The number of ether oxygens (including phenoxy) is 1. The molecule has 0 aliphatic heterocycles. The number of methoxy groups -OCH3 is 1. The molecule has 1 N–H and O–H groups in total. The second-order valence-electron chi connectivity index (χ2n) is 4.54. The number of esters is 1. The van der Waals surface area contributed by atoms with Gasteiger partial charge in [0.2, 0.25) is 0 Å². The standard InChI is InChI=1S/C16H14BrNO4S/c1-22-16(19)11-4-12-2-9-15(10-3-12)23(20,21)18-14-7-5-13(17)6-8-14/h2-11,18H,1H3/b11-4+. The van der Waals surface area contributed by atoms with Crippen LogP contribution in [0.15, 0.2) is 64.0 Å². The molecule has 2 rings (SSSR count). The SMILES string of the molecule is COC(=O)/C=C/c1ccc(S(=O)(=O)Nc2ccc(Br)cc2)cc1. The van der Waals surface area contributed by atoms with Crippen molar-refractivity contribution in [2.75, 3.05) is 11.8 Å². The highest BCUT2D eigenvalue weighted by molar-refractivity contribution is 9.10. The Morgan fingerprint density at radius 2 is 1.70 bits per heavy atom. The summed E-state index contributed by atoms with van der Waals surface area (Å²) in [6, 6.07) is 13.0. The van der Waals surface area contributed by atoms with Crippen LogP contribution < -0.4 is 4.72 Å². The van der Waals surface area contributed by atoms with E-state index in [-0.39, 0.29) is 4.90 Å². The van der Waals surface area contributed by atoms with E-state index in [0.717, 1.165) is 4.47 Å². The van der Waals surface area contributed by atoms with E-state index in [1.807, 2.05) is 0 Å². The van der Waals surface area contributed by atoms with Crippen molar-refractivity contribution in [3.63, 3.8) is 0 Å². The Hall–Kier alpha value is -2.12. The fourth-order valence-corrected chi connectivity index (χ4v) is 3.05. The highest BCUT2D eigenvalue weighted by Crippen LogP contribution is 2.19. The molecule has 0 aliphatic rings. The molecule has 2 aromatic rings. The predicted molar refractivity (Wildman–Crippen MR) is 92.4 cm³/mol. The van der Waals surface area contributed by atoms with Gasteiger partial charge >= 0.3 is 5.97 Å². The maximum absolute atomic E-state index is 12.3. The van der Waals surface area contributed by atoms with Crippen molar-refractivity contribution in [3.05, 3.63) is 64.6 Å². The Bertz CT molecular complexity index is 812. The summed E-state index contributed by atoms with van der Waals surface area (Å²) >= 11 is 3.29. The maximum Gasteiger partial charge on any atom is 0.330 e. The maximum atomic E-state index is 12.3. The van der Waals surface area contributed by atoms with E-state index in [4.69, 9.17) is 0 Å². The first kappa shape index (κ1) is 17.2. The Morgan fingerprint density at radius 1 is 1.09 bits per heavy atom. The number of nitrogens with one attached hydrogen (secondary N) is 1. The summed E-state index contributed by atoms with van der Waals surface area (Å²) in [5.74, 6) is -0.474. The van der Waals surface area contributed by atoms with Crippen LogP contribution in [0, 0.1) is 0 Å². The number of sulfonamides is 1. The topological polar surface area (TPSA) is 72.5 Å². The summed E-state index contributed by atoms with van der Waals surface area (Å²) in [4.78, 5) is 11.2. The minimum atomic E-state index is -3.66. The Morgan fingerprint density at radius 3 is 2.26 bits per heavy atom. The van der Waals surface area contributed by atoms with Crippen LogP contribution in [-0.2, 0) is 19.6 Å². The summed E-state index contributed by atoms with van der Waals surface area (Å²) in [5, 5.41) is 0. The van der Waals surface area contributed by atoms with Gasteiger partial charge in [0.15, 0.2) is 0 Å². The van der Waals surface area contributed by atoms with Crippen LogP contribution in [-0.4, -0.2) is 21.5 Å². The van der Waals surface area contributed by atoms with E-state index in [1.165, 1.54) is 25.3 Å². The second-order valence-corrected chi connectivity index (χ2v) is 7.14. The third-order valence-electron chi connectivity index (χ3n) is 2.90. The Kier molecular flexibility index (Phi) is 5.57. The molecule has 0 radical (unpaired) electrons. The van der Waals surface area contributed by atoms with E-state index in [0.29, 0.717) is 11.3 Å². The van der Waals surface area contributed by atoms with Gasteiger partial charge in [-0.25, -0.2) is 13.2 Å². The summed E-state index contributed by atoms with van der Waals surface area (Å²) in [6.07, 6.45) is 2.81. The molecule has 0 aromatic heterocycles. The first-order valence-corrected chi connectivity index (χ1v) is 8.83. The Labute approximate surface area is 143 Å². The van der Waals surface area contributed by atoms with Crippen LogP contribution in [0.5, 0.6) is 0 Å². The molecular formula is C16H14BrNO4S. The fraction of sp³-hybridized carbons (Fsp3) is 0.0625. The molecule has 2 aromatic carbocycles. The molecule has 120 valence electrons. The molecule has 5 nitrogen and oxygen atoms in total. The van der Waals surface area contributed by atoms with Crippen molar-refractivity contribution < 1.29 is 17.9 Å². The zero-order chi connectivity index (χ0) is 16.9. The third kappa shape index (κ3) is 4.94. The van der Waals surface area contributed by atoms with Crippen molar-refractivity contribution in [1.29, 1.82) is 0 Å². The molecule has 0 heterocycles. The quantitative estimate of drug-likeness (QED) is 0.621. The zero-order valence-corrected chi connectivity index (χ0v) is 14.6. The number of hydrogen-bond donors (Lipinski definition) is 1. The molecule has 23 heavy (non-hydrogen) atoms. The van der Waals surface area contributed by atoms with Crippen LogP contribution in [0.3, 0.4) is 0 Å². The van der Waals surface area contributed by atoms with E-state index >= 15 is 0 Å². The van der Waals surface area contributed by atoms with Gasteiger partial charge in [-0.2, -0.15) is 0 Å². The van der Waals surface area contributed by atoms with Gasteiger partial charge in [-0.1, -0.05) is 28.1 Å². The highest BCUT2D eigenvalue weighted by atomic mass is 79.9. The molecule has 0 unspecified atom stereocenters. The van der Waals surface area contributed by atoms with E-state index in [1.54, 1.807) is 42.5 Å². The third-order valence-corrected chi connectivity index (χ3v) is 4.83. The average molecular weight is 396 g/mol. The zero-order valence-electron chi connectivity index (χ0n) is 12.2. The number of carbonyl (C=O) groups is 1. The molecule has 0 saturated heterocycles. The van der Waals surface area contributed by atoms with Crippen LogP contribution in [0.4, 0.5) is 5.69 Å². The molecule has 7 heteroatoms. The van der Waals surface area contributed by atoms with Crippen molar-refractivity contribution in [1.82, 2.24) is 0 Å². The van der Waals surface area contributed by atoms with Gasteiger partial charge in [0.05, 0.1) is 12.0 Å². The number of anilines is 1. The molecule has 0 spiro atoms. The summed E-state index contributed by atoms with van der Waals surface area (Å²) in [6.45, 7) is 0. The number of hydrogen-bond acceptors (Lipinski definition) is 4. The first-order valence-electron chi connectivity index (χ1n) is 6.55. The van der Waals surface area contributed by atoms with E-state index < -0.39 is 16.0 Å². The smallest absolute Gasteiger partial charge is 0.330 e. The van der Waals surface area contributed by atoms with Gasteiger partial charge in [0, 0.05) is 16.2 Å². The van der Waals surface area contributed by atoms with Crippen molar-refractivity contribution >= 4 is 43.7 Å². The normalized spacial score (nSPS) is 11.4. The van der Waals surface area contributed by atoms with Crippen LogP contribution in [0.2, 0.25) is 0 Å². The second kappa shape index (κ2) is 7.43. The lowest BCUT2D eigenvalue weighted by atomic mass is 10.2. The highest BCUT2D eigenvalue weighted by Gasteiger charge is 2.13. The number of carbonyl (C=O) groups excluding carboxylic acids is 1. The first-order chi connectivity index (χ1) is 10.9. The van der Waals surface area contributed by atoms with Gasteiger partial charge in [-0.3, -0.25) is 4.72 Å². The summed E-state index contributed by atoms with van der Waals surface area (Å²) in [7, 11) is -2.37. The molecule has 0 bridgehead atoms. The minimum Gasteiger partial charge on any atom is -0.466 e. The van der Waals surface area contributed by atoms with Crippen molar-refractivity contribution in [2.45, 2.75) is 4.90 Å². The van der Waals surface area contributed by atoms with Gasteiger partial charge in [-0.05, 0) is 48.0 Å². The summed E-state index contributed by atoms with van der Waals surface area (Å²) < 4.78 is 32.4.